The van der Waals surface area contributed by atoms with Crippen LogP contribution in [0.5, 0.6) is 0 Å². The van der Waals surface area contributed by atoms with E-state index in [0.29, 0.717) is 18.1 Å². The second-order valence-corrected chi connectivity index (χ2v) is 4.56. The monoisotopic (exact) mass is 281 g/mol. The molecule has 16 heavy (non-hydrogen) atoms. The minimum Gasteiger partial charge on any atom is -0.338 e. The molecule has 0 aliphatic rings. The van der Waals surface area contributed by atoms with Crippen LogP contribution in [0.2, 0.25) is 0 Å². The molecule has 0 fully saturated rings. The van der Waals surface area contributed by atoms with E-state index >= 15 is 0 Å². The van der Waals surface area contributed by atoms with E-state index in [0.717, 1.165) is 10.0 Å². The Morgan fingerprint density at radius 3 is 2.62 bits per heavy atom. The molecular weight excluding hydrogens is 270 g/mol. The maximum Gasteiger partial charge on any atom is 0.243 e. The highest BCUT2D eigenvalue weighted by Gasteiger charge is 2.10. The first kappa shape index (κ1) is 11.3. The summed E-state index contributed by atoms with van der Waals surface area (Å²) in [5.74, 6) is 1.14. The first-order chi connectivity index (χ1) is 7.65. The summed E-state index contributed by atoms with van der Waals surface area (Å²) >= 11 is 3.39. The average molecular weight is 282 g/mol. The first-order valence-electron chi connectivity index (χ1n) is 4.97. The molecule has 84 valence electrons. The first-order valence-corrected chi connectivity index (χ1v) is 5.77. The van der Waals surface area contributed by atoms with Crippen LogP contribution in [-0.2, 0) is 6.42 Å². The number of benzene rings is 1. The lowest BCUT2D eigenvalue weighted by Gasteiger charge is -1.96. The van der Waals surface area contributed by atoms with Crippen molar-refractivity contribution in [2.75, 3.05) is 0 Å². The lowest BCUT2D eigenvalue weighted by atomic mass is 10.1. The highest BCUT2D eigenvalue weighted by atomic mass is 79.9. The molecule has 1 heterocycles. The fourth-order valence-electron chi connectivity index (χ4n) is 1.31. The van der Waals surface area contributed by atoms with Gasteiger partial charge in [0.15, 0.2) is 5.82 Å². The van der Waals surface area contributed by atoms with E-state index in [-0.39, 0.29) is 6.04 Å². The average Bonchev–Trinajstić information content (AvgIpc) is 2.70. The van der Waals surface area contributed by atoms with E-state index in [2.05, 4.69) is 26.1 Å². The van der Waals surface area contributed by atoms with Crippen molar-refractivity contribution in [3.63, 3.8) is 0 Å². The van der Waals surface area contributed by atoms with Crippen LogP contribution in [0.4, 0.5) is 0 Å². The van der Waals surface area contributed by atoms with Crippen LogP contribution in [0.3, 0.4) is 0 Å². The topological polar surface area (TPSA) is 64.9 Å². The lowest BCUT2D eigenvalue weighted by molar-refractivity contribution is 0.358. The van der Waals surface area contributed by atoms with Gasteiger partial charge in [0.25, 0.3) is 0 Å². The second kappa shape index (κ2) is 4.76. The predicted octanol–water partition coefficient (Wildman–Crippen LogP) is 2.44. The number of rotatable bonds is 3. The highest BCUT2D eigenvalue weighted by Crippen LogP contribution is 2.14. The SMILES string of the molecule is C[C@@H](N)c1nc(Cc2ccc(Br)cc2)no1. The third-order valence-corrected chi connectivity index (χ3v) is 2.68. The minimum atomic E-state index is -0.217. The fraction of sp³-hybridized carbons (Fsp3) is 0.273. The van der Waals surface area contributed by atoms with Gasteiger partial charge in [-0.3, -0.25) is 0 Å². The summed E-state index contributed by atoms with van der Waals surface area (Å²) in [6.45, 7) is 1.82. The number of halogens is 1. The van der Waals surface area contributed by atoms with Gasteiger partial charge in [0, 0.05) is 10.9 Å². The molecule has 0 amide bonds. The maximum atomic E-state index is 5.64. The Hall–Kier alpha value is -1.20. The molecule has 1 aromatic carbocycles. The molecule has 2 aromatic rings. The standard InChI is InChI=1S/C11H12BrN3O/c1-7(13)11-14-10(15-16-11)6-8-2-4-9(12)5-3-8/h2-5,7H,6,13H2,1H3/t7-/m1/s1. The summed E-state index contributed by atoms with van der Waals surface area (Å²) < 4.78 is 6.08. The molecule has 2 rings (SSSR count). The Kier molecular flexibility index (Phi) is 3.36. The lowest BCUT2D eigenvalue weighted by Crippen LogP contribution is -2.05. The highest BCUT2D eigenvalue weighted by molar-refractivity contribution is 9.10. The van der Waals surface area contributed by atoms with Gasteiger partial charge in [-0.1, -0.05) is 33.2 Å². The van der Waals surface area contributed by atoms with E-state index < -0.39 is 0 Å². The Balaban J connectivity index is 2.11. The molecule has 0 saturated carbocycles. The quantitative estimate of drug-likeness (QED) is 0.939. The van der Waals surface area contributed by atoms with Crippen LogP contribution in [0.15, 0.2) is 33.3 Å². The third kappa shape index (κ3) is 2.68. The number of aromatic nitrogens is 2. The van der Waals surface area contributed by atoms with Crippen LogP contribution >= 0.6 is 15.9 Å². The normalized spacial score (nSPS) is 12.7. The molecule has 0 saturated heterocycles. The number of nitrogens with two attached hydrogens (primary N) is 1. The van der Waals surface area contributed by atoms with Gasteiger partial charge in [-0.15, -0.1) is 0 Å². The van der Waals surface area contributed by atoms with E-state index in [1.165, 1.54) is 0 Å². The molecule has 0 unspecified atom stereocenters. The van der Waals surface area contributed by atoms with Crippen LogP contribution in [0.1, 0.15) is 30.2 Å². The van der Waals surface area contributed by atoms with Gasteiger partial charge in [-0.2, -0.15) is 4.98 Å². The third-order valence-electron chi connectivity index (χ3n) is 2.15. The number of hydrogen-bond donors (Lipinski definition) is 1. The number of nitrogens with zero attached hydrogens (tertiary/aromatic N) is 2. The van der Waals surface area contributed by atoms with Crippen molar-refractivity contribution in [3.8, 4) is 0 Å². The Bertz CT molecular complexity index is 464. The summed E-state index contributed by atoms with van der Waals surface area (Å²) in [6, 6.07) is 7.80. The summed E-state index contributed by atoms with van der Waals surface area (Å²) in [4.78, 5) is 4.21. The van der Waals surface area contributed by atoms with Crippen molar-refractivity contribution in [1.82, 2.24) is 10.1 Å². The predicted molar refractivity (Wildman–Crippen MR) is 63.8 cm³/mol. The molecule has 0 aliphatic heterocycles. The van der Waals surface area contributed by atoms with Crippen molar-refractivity contribution in [2.45, 2.75) is 19.4 Å². The zero-order chi connectivity index (χ0) is 11.5. The van der Waals surface area contributed by atoms with Crippen molar-refractivity contribution >= 4 is 15.9 Å². The van der Waals surface area contributed by atoms with E-state index in [4.69, 9.17) is 10.3 Å². The van der Waals surface area contributed by atoms with Gasteiger partial charge in [0.2, 0.25) is 5.89 Å². The number of hydrogen-bond acceptors (Lipinski definition) is 4. The summed E-state index contributed by atoms with van der Waals surface area (Å²) in [7, 11) is 0. The molecule has 2 N–H and O–H groups in total. The van der Waals surface area contributed by atoms with E-state index in [9.17, 15) is 0 Å². The van der Waals surface area contributed by atoms with E-state index in [1.807, 2.05) is 31.2 Å². The van der Waals surface area contributed by atoms with Crippen molar-refractivity contribution in [2.24, 2.45) is 5.73 Å². The maximum absolute atomic E-state index is 5.64. The van der Waals surface area contributed by atoms with Crippen molar-refractivity contribution in [3.05, 3.63) is 46.0 Å². The molecular formula is C11H12BrN3O. The van der Waals surface area contributed by atoms with Crippen molar-refractivity contribution < 1.29 is 4.52 Å². The summed E-state index contributed by atoms with van der Waals surface area (Å²) in [5.41, 5.74) is 6.78. The minimum absolute atomic E-state index is 0.217. The van der Waals surface area contributed by atoms with Gasteiger partial charge < -0.3 is 10.3 Å². The smallest absolute Gasteiger partial charge is 0.243 e. The van der Waals surface area contributed by atoms with Gasteiger partial charge in [-0.25, -0.2) is 0 Å². The summed E-state index contributed by atoms with van der Waals surface area (Å²) in [5, 5.41) is 3.88. The Morgan fingerprint density at radius 1 is 1.38 bits per heavy atom. The molecule has 0 radical (unpaired) electrons. The fourth-order valence-corrected chi connectivity index (χ4v) is 1.57. The summed E-state index contributed by atoms with van der Waals surface area (Å²) in [6.07, 6.45) is 0.656. The van der Waals surface area contributed by atoms with Crippen molar-refractivity contribution in [1.29, 1.82) is 0 Å². The molecule has 1 aromatic heterocycles. The Morgan fingerprint density at radius 2 is 2.06 bits per heavy atom. The van der Waals surface area contributed by atoms with Gasteiger partial charge >= 0.3 is 0 Å². The largest absolute Gasteiger partial charge is 0.338 e. The molecule has 5 heteroatoms. The second-order valence-electron chi connectivity index (χ2n) is 3.64. The Labute approximate surface area is 102 Å². The van der Waals surface area contributed by atoms with Gasteiger partial charge in [0.05, 0.1) is 6.04 Å². The molecule has 4 nitrogen and oxygen atoms in total. The molecule has 0 spiro atoms. The van der Waals surface area contributed by atoms with Crippen LogP contribution in [-0.4, -0.2) is 10.1 Å². The van der Waals surface area contributed by atoms with Crippen LogP contribution in [0.25, 0.3) is 0 Å². The van der Waals surface area contributed by atoms with Gasteiger partial charge in [-0.05, 0) is 24.6 Å². The molecule has 1 atom stereocenters. The zero-order valence-corrected chi connectivity index (χ0v) is 10.4. The van der Waals surface area contributed by atoms with Gasteiger partial charge in [0.1, 0.15) is 0 Å². The van der Waals surface area contributed by atoms with Crippen LogP contribution < -0.4 is 5.73 Å². The van der Waals surface area contributed by atoms with E-state index in [1.54, 1.807) is 0 Å². The molecule has 0 aliphatic carbocycles. The van der Waals surface area contributed by atoms with Crippen LogP contribution in [0, 0.1) is 0 Å². The zero-order valence-electron chi connectivity index (χ0n) is 8.85. The molecule has 0 bridgehead atoms.